The van der Waals surface area contributed by atoms with Crippen LogP contribution in [0.5, 0.6) is 0 Å². The number of pyridine rings is 1. The molecular weight excluding hydrogens is 293 g/mol. The molecule has 2 N–H and O–H groups in total. The number of halogens is 1. The maximum Gasteiger partial charge on any atom is 0.272 e. The van der Waals surface area contributed by atoms with Crippen LogP contribution in [0.3, 0.4) is 0 Å². The molecule has 0 saturated carbocycles. The molecule has 0 aliphatic rings. The number of benzene rings is 2. The Kier molecular flexibility index (Phi) is 3.05. The van der Waals surface area contributed by atoms with Gasteiger partial charge in [-0.3, -0.25) is 9.78 Å². The molecule has 5 heteroatoms. The number of amides is 1. The van der Waals surface area contributed by atoms with Gasteiger partial charge in [-0.2, -0.15) is 0 Å². The average molecular weight is 305 g/mol. The number of rotatable bonds is 2. The first kappa shape index (κ1) is 13.5. The molecule has 4 aromatic rings. The summed E-state index contributed by atoms with van der Waals surface area (Å²) < 4.78 is 13.2. The van der Waals surface area contributed by atoms with Crippen LogP contribution < -0.4 is 5.32 Å². The fourth-order valence-electron chi connectivity index (χ4n) is 2.62. The number of fused-ring (bicyclic) bond motifs is 2. The lowest BCUT2D eigenvalue weighted by Crippen LogP contribution is -2.12. The quantitative estimate of drug-likeness (QED) is 0.585. The summed E-state index contributed by atoms with van der Waals surface area (Å²) >= 11 is 0. The number of para-hydroxylation sites is 1. The average Bonchev–Trinajstić information content (AvgIpc) is 2.98. The minimum absolute atomic E-state index is 0.292. The Hall–Kier alpha value is -3.21. The van der Waals surface area contributed by atoms with E-state index in [-0.39, 0.29) is 11.7 Å². The number of aromatic nitrogens is 2. The van der Waals surface area contributed by atoms with Gasteiger partial charge in [-0.1, -0.05) is 18.2 Å². The van der Waals surface area contributed by atoms with Crippen LogP contribution in [-0.2, 0) is 0 Å². The molecule has 4 rings (SSSR count). The van der Waals surface area contributed by atoms with Gasteiger partial charge in [-0.25, -0.2) is 4.39 Å². The first-order valence-electron chi connectivity index (χ1n) is 7.14. The lowest BCUT2D eigenvalue weighted by Gasteiger charge is -2.06. The molecule has 2 aromatic heterocycles. The molecular formula is C18H12FN3O. The van der Waals surface area contributed by atoms with Crippen molar-refractivity contribution in [3.63, 3.8) is 0 Å². The zero-order valence-corrected chi connectivity index (χ0v) is 12.0. The van der Waals surface area contributed by atoms with E-state index in [4.69, 9.17) is 0 Å². The number of anilines is 1. The van der Waals surface area contributed by atoms with Gasteiger partial charge in [0.25, 0.3) is 5.91 Å². The van der Waals surface area contributed by atoms with Crippen LogP contribution in [0.2, 0.25) is 0 Å². The Morgan fingerprint density at radius 1 is 1.04 bits per heavy atom. The topological polar surface area (TPSA) is 57.8 Å². The first-order valence-corrected chi connectivity index (χ1v) is 7.14. The summed E-state index contributed by atoms with van der Waals surface area (Å²) in [7, 11) is 0. The van der Waals surface area contributed by atoms with Crippen molar-refractivity contribution in [2.75, 3.05) is 5.32 Å². The molecule has 0 atom stereocenters. The lowest BCUT2D eigenvalue weighted by molar-refractivity contribution is 0.102. The number of carbonyl (C=O) groups excluding carboxylic acids is 1. The zero-order valence-electron chi connectivity index (χ0n) is 12.0. The van der Waals surface area contributed by atoms with E-state index in [9.17, 15) is 9.18 Å². The highest BCUT2D eigenvalue weighted by atomic mass is 19.1. The summed E-state index contributed by atoms with van der Waals surface area (Å²) in [6.45, 7) is 0. The molecule has 112 valence electrons. The molecule has 2 heterocycles. The van der Waals surface area contributed by atoms with Gasteiger partial charge < -0.3 is 10.3 Å². The van der Waals surface area contributed by atoms with Crippen molar-refractivity contribution in [3.8, 4) is 0 Å². The monoisotopic (exact) mass is 305 g/mol. The third-order valence-corrected chi connectivity index (χ3v) is 3.71. The Morgan fingerprint density at radius 2 is 1.91 bits per heavy atom. The van der Waals surface area contributed by atoms with Gasteiger partial charge in [0.1, 0.15) is 11.5 Å². The van der Waals surface area contributed by atoms with Crippen molar-refractivity contribution in [1.29, 1.82) is 0 Å². The van der Waals surface area contributed by atoms with Crippen molar-refractivity contribution in [1.82, 2.24) is 9.97 Å². The van der Waals surface area contributed by atoms with Gasteiger partial charge in [0.2, 0.25) is 0 Å². The Labute approximate surface area is 131 Å². The highest BCUT2D eigenvalue weighted by Crippen LogP contribution is 2.22. The van der Waals surface area contributed by atoms with Gasteiger partial charge in [0.15, 0.2) is 0 Å². The van der Waals surface area contributed by atoms with Gasteiger partial charge in [0, 0.05) is 22.5 Å². The van der Waals surface area contributed by atoms with Crippen molar-refractivity contribution >= 4 is 33.4 Å². The third kappa shape index (κ3) is 2.42. The molecule has 0 fully saturated rings. The number of aromatic amines is 1. The minimum atomic E-state index is -0.343. The van der Waals surface area contributed by atoms with E-state index in [1.807, 2.05) is 24.3 Å². The lowest BCUT2D eigenvalue weighted by atomic mass is 10.2. The largest absolute Gasteiger partial charge is 0.350 e. The highest BCUT2D eigenvalue weighted by Gasteiger charge is 2.12. The Bertz CT molecular complexity index is 1030. The number of hydrogen-bond acceptors (Lipinski definition) is 2. The van der Waals surface area contributed by atoms with Crippen LogP contribution in [0, 0.1) is 5.82 Å². The molecule has 0 radical (unpaired) electrons. The zero-order chi connectivity index (χ0) is 15.8. The van der Waals surface area contributed by atoms with E-state index >= 15 is 0 Å². The highest BCUT2D eigenvalue weighted by molar-refractivity contribution is 6.09. The van der Waals surface area contributed by atoms with Gasteiger partial charge in [-0.05, 0) is 36.4 Å². The summed E-state index contributed by atoms with van der Waals surface area (Å²) in [5.41, 5.74) is 2.33. The molecule has 0 aliphatic carbocycles. The van der Waals surface area contributed by atoms with Gasteiger partial charge in [-0.15, -0.1) is 0 Å². The van der Waals surface area contributed by atoms with E-state index in [0.29, 0.717) is 16.9 Å². The van der Waals surface area contributed by atoms with E-state index in [0.717, 1.165) is 16.3 Å². The molecule has 1 amide bonds. The standard InChI is InChI=1S/C18H12FN3O/c19-13-7-6-12-9-16(21-15(12)10-13)18(23)22-14-5-1-3-11-4-2-8-20-17(11)14/h1-10,21H,(H,22,23). The minimum Gasteiger partial charge on any atom is -0.350 e. The van der Waals surface area contributed by atoms with E-state index < -0.39 is 0 Å². The predicted molar refractivity (Wildman–Crippen MR) is 88.0 cm³/mol. The summed E-state index contributed by atoms with van der Waals surface area (Å²) in [6, 6.07) is 15.4. The summed E-state index contributed by atoms with van der Waals surface area (Å²) in [5.74, 6) is -0.635. The molecule has 0 bridgehead atoms. The number of nitrogens with zero attached hydrogens (tertiary/aromatic N) is 1. The Balaban J connectivity index is 1.70. The fourth-order valence-corrected chi connectivity index (χ4v) is 2.62. The van der Waals surface area contributed by atoms with Gasteiger partial charge >= 0.3 is 0 Å². The Morgan fingerprint density at radius 3 is 2.83 bits per heavy atom. The van der Waals surface area contributed by atoms with Crippen LogP contribution in [-0.4, -0.2) is 15.9 Å². The van der Waals surface area contributed by atoms with Crippen molar-refractivity contribution in [3.05, 3.63) is 72.3 Å². The van der Waals surface area contributed by atoms with Crippen LogP contribution in [0.25, 0.3) is 21.8 Å². The molecule has 23 heavy (non-hydrogen) atoms. The molecule has 0 spiro atoms. The van der Waals surface area contributed by atoms with E-state index in [1.54, 1.807) is 24.4 Å². The van der Waals surface area contributed by atoms with Crippen molar-refractivity contribution in [2.24, 2.45) is 0 Å². The maximum absolute atomic E-state index is 13.2. The van der Waals surface area contributed by atoms with Gasteiger partial charge in [0.05, 0.1) is 11.2 Å². The number of hydrogen-bond donors (Lipinski definition) is 2. The summed E-state index contributed by atoms with van der Waals surface area (Å²) in [4.78, 5) is 19.7. The van der Waals surface area contributed by atoms with Crippen LogP contribution in [0.1, 0.15) is 10.5 Å². The first-order chi connectivity index (χ1) is 11.2. The molecule has 2 aromatic carbocycles. The second-order valence-corrected chi connectivity index (χ2v) is 5.25. The van der Waals surface area contributed by atoms with Crippen molar-refractivity contribution < 1.29 is 9.18 Å². The second-order valence-electron chi connectivity index (χ2n) is 5.25. The number of carbonyl (C=O) groups is 1. The van der Waals surface area contributed by atoms with E-state index in [1.165, 1.54) is 12.1 Å². The van der Waals surface area contributed by atoms with Crippen LogP contribution in [0.4, 0.5) is 10.1 Å². The summed E-state index contributed by atoms with van der Waals surface area (Å²) in [6.07, 6.45) is 1.68. The summed E-state index contributed by atoms with van der Waals surface area (Å²) in [5, 5.41) is 4.58. The normalized spacial score (nSPS) is 11.0. The number of nitrogens with one attached hydrogen (secondary N) is 2. The van der Waals surface area contributed by atoms with Crippen LogP contribution in [0.15, 0.2) is 60.8 Å². The maximum atomic E-state index is 13.2. The predicted octanol–water partition coefficient (Wildman–Crippen LogP) is 4.11. The molecule has 4 nitrogen and oxygen atoms in total. The second kappa shape index (κ2) is 5.21. The SMILES string of the molecule is O=C(Nc1cccc2cccnc12)c1cc2ccc(F)cc2[nH]1. The number of H-pyrrole nitrogens is 1. The molecule has 0 saturated heterocycles. The van der Waals surface area contributed by atoms with Crippen molar-refractivity contribution in [2.45, 2.75) is 0 Å². The van der Waals surface area contributed by atoms with E-state index in [2.05, 4.69) is 15.3 Å². The molecule has 0 aliphatic heterocycles. The third-order valence-electron chi connectivity index (χ3n) is 3.71. The molecule has 0 unspecified atom stereocenters. The smallest absolute Gasteiger partial charge is 0.272 e. The fraction of sp³-hybridized carbons (Fsp3) is 0. The van der Waals surface area contributed by atoms with Crippen LogP contribution >= 0.6 is 0 Å².